The van der Waals surface area contributed by atoms with E-state index in [9.17, 15) is 9.59 Å². The molecule has 0 aliphatic carbocycles. The molecular weight excluding hydrogens is 342 g/mol. The zero-order valence-corrected chi connectivity index (χ0v) is 14.2. The zero-order chi connectivity index (χ0) is 18.5. The van der Waals surface area contributed by atoms with Crippen molar-refractivity contribution in [1.82, 2.24) is 9.55 Å². The third-order valence-electron chi connectivity index (χ3n) is 3.58. The molecule has 9 nitrogen and oxygen atoms in total. The standard InChI is InChI=1S/C17H17N3O6/c1-23-16(21)8-12(17(22)24-2)19-11-7-14-15(26-6-5-25-14)9-13(11)20-4-3-18-10-20/h3-4,7-10,19H,5-6H2,1-2H3/b12-8+. The minimum Gasteiger partial charge on any atom is -0.486 e. The van der Waals surface area contributed by atoms with Gasteiger partial charge in [0, 0.05) is 24.5 Å². The van der Waals surface area contributed by atoms with Gasteiger partial charge in [0.1, 0.15) is 18.9 Å². The Morgan fingerprint density at radius 3 is 2.54 bits per heavy atom. The van der Waals surface area contributed by atoms with E-state index >= 15 is 0 Å². The topological polar surface area (TPSA) is 101 Å². The molecule has 26 heavy (non-hydrogen) atoms. The first-order chi connectivity index (χ1) is 12.6. The van der Waals surface area contributed by atoms with Gasteiger partial charge in [-0.05, 0) is 0 Å². The highest BCUT2D eigenvalue weighted by atomic mass is 16.6. The number of fused-ring (bicyclic) bond motifs is 1. The molecule has 0 fully saturated rings. The number of rotatable bonds is 5. The molecule has 0 bridgehead atoms. The number of esters is 2. The zero-order valence-electron chi connectivity index (χ0n) is 14.2. The molecule has 2 heterocycles. The number of carbonyl (C=O) groups excluding carboxylic acids is 2. The van der Waals surface area contributed by atoms with Gasteiger partial charge >= 0.3 is 11.9 Å². The van der Waals surface area contributed by atoms with Crippen LogP contribution in [0.25, 0.3) is 5.69 Å². The maximum atomic E-state index is 12.0. The van der Waals surface area contributed by atoms with Crippen molar-refractivity contribution in [2.24, 2.45) is 0 Å². The molecule has 1 aliphatic rings. The van der Waals surface area contributed by atoms with E-state index in [-0.39, 0.29) is 5.70 Å². The lowest BCUT2D eigenvalue weighted by Crippen LogP contribution is -2.18. The second-order valence-electron chi connectivity index (χ2n) is 5.18. The van der Waals surface area contributed by atoms with Gasteiger partial charge in [0.15, 0.2) is 11.5 Å². The summed E-state index contributed by atoms with van der Waals surface area (Å²) in [7, 11) is 2.43. The van der Waals surface area contributed by atoms with Crippen molar-refractivity contribution in [3.05, 3.63) is 42.6 Å². The highest BCUT2D eigenvalue weighted by molar-refractivity contribution is 5.99. The molecule has 0 unspecified atom stereocenters. The molecule has 0 amide bonds. The van der Waals surface area contributed by atoms with E-state index in [0.29, 0.717) is 36.1 Å². The van der Waals surface area contributed by atoms with Crippen molar-refractivity contribution in [1.29, 1.82) is 0 Å². The first-order valence-electron chi connectivity index (χ1n) is 7.69. The fourth-order valence-electron chi connectivity index (χ4n) is 2.37. The van der Waals surface area contributed by atoms with Crippen LogP contribution in [0.1, 0.15) is 0 Å². The number of nitrogens with zero attached hydrogens (tertiary/aromatic N) is 2. The largest absolute Gasteiger partial charge is 0.486 e. The second kappa shape index (κ2) is 7.60. The molecule has 1 N–H and O–H groups in total. The van der Waals surface area contributed by atoms with E-state index < -0.39 is 11.9 Å². The van der Waals surface area contributed by atoms with Crippen molar-refractivity contribution in [2.45, 2.75) is 0 Å². The van der Waals surface area contributed by atoms with Gasteiger partial charge < -0.3 is 28.8 Å². The van der Waals surface area contributed by atoms with Gasteiger partial charge in [-0.2, -0.15) is 0 Å². The van der Waals surface area contributed by atoms with Gasteiger partial charge in [-0.15, -0.1) is 0 Å². The van der Waals surface area contributed by atoms with Crippen LogP contribution in [0.4, 0.5) is 5.69 Å². The SMILES string of the molecule is COC(=O)/C=C(/Nc1cc2c(cc1-n1ccnc1)OCCO2)C(=O)OC. The Morgan fingerprint density at radius 2 is 1.92 bits per heavy atom. The molecule has 1 aromatic heterocycles. The lowest BCUT2D eigenvalue weighted by atomic mass is 10.2. The van der Waals surface area contributed by atoms with Gasteiger partial charge in [0.2, 0.25) is 0 Å². The highest BCUT2D eigenvalue weighted by Crippen LogP contribution is 2.37. The van der Waals surface area contributed by atoms with Gasteiger partial charge in [-0.25, -0.2) is 14.6 Å². The van der Waals surface area contributed by atoms with Crippen LogP contribution in [-0.2, 0) is 19.1 Å². The summed E-state index contributed by atoms with van der Waals surface area (Å²) >= 11 is 0. The molecule has 0 saturated heterocycles. The summed E-state index contributed by atoms with van der Waals surface area (Å²) in [6, 6.07) is 3.43. The number of nitrogens with one attached hydrogen (secondary N) is 1. The summed E-state index contributed by atoms with van der Waals surface area (Å²) in [6.45, 7) is 0.859. The van der Waals surface area contributed by atoms with Gasteiger partial charge in [-0.1, -0.05) is 0 Å². The molecule has 136 valence electrons. The fourth-order valence-corrected chi connectivity index (χ4v) is 2.37. The molecule has 0 radical (unpaired) electrons. The molecule has 2 aromatic rings. The number of benzene rings is 1. The summed E-state index contributed by atoms with van der Waals surface area (Å²) in [5.41, 5.74) is 1.05. The molecule has 1 aromatic carbocycles. The van der Waals surface area contributed by atoms with E-state index in [2.05, 4.69) is 15.0 Å². The lowest BCUT2D eigenvalue weighted by Gasteiger charge is -2.22. The lowest BCUT2D eigenvalue weighted by molar-refractivity contribution is -0.138. The van der Waals surface area contributed by atoms with Crippen LogP contribution in [0.2, 0.25) is 0 Å². The maximum absolute atomic E-state index is 12.0. The number of methoxy groups -OCH3 is 2. The predicted molar refractivity (Wildman–Crippen MR) is 90.3 cm³/mol. The van der Waals surface area contributed by atoms with E-state index in [4.69, 9.17) is 14.2 Å². The van der Waals surface area contributed by atoms with Crippen LogP contribution >= 0.6 is 0 Å². The minimum atomic E-state index is -0.720. The van der Waals surface area contributed by atoms with Crippen molar-refractivity contribution < 1.29 is 28.5 Å². The summed E-state index contributed by atoms with van der Waals surface area (Å²) in [5.74, 6) is -0.326. The summed E-state index contributed by atoms with van der Waals surface area (Å²) in [4.78, 5) is 27.6. The molecule has 3 rings (SSSR count). The second-order valence-corrected chi connectivity index (χ2v) is 5.18. The van der Waals surface area contributed by atoms with Crippen LogP contribution in [0.5, 0.6) is 11.5 Å². The number of imidazole rings is 1. The number of carbonyl (C=O) groups is 2. The Morgan fingerprint density at radius 1 is 1.19 bits per heavy atom. The molecule has 1 aliphatic heterocycles. The van der Waals surface area contributed by atoms with Gasteiger partial charge in [0.05, 0.1) is 38.0 Å². The monoisotopic (exact) mass is 359 g/mol. The Hall–Kier alpha value is -3.49. The van der Waals surface area contributed by atoms with Crippen molar-refractivity contribution in [2.75, 3.05) is 32.8 Å². The average molecular weight is 359 g/mol. The van der Waals surface area contributed by atoms with Gasteiger partial charge in [0.25, 0.3) is 0 Å². The number of hydrogen-bond acceptors (Lipinski definition) is 8. The molecule has 0 saturated carbocycles. The quantitative estimate of drug-likeness (QED) is 0.629. The predicted octanol–water partition coefficient (Wildman–Crippen LogP) is 1.29. The smallest absolute Gasteiger partial charge is 0.354 e. The van der Waals surface area contributed by atoms with E-state index in [1.165, 1.54) is 14.2 Å². The third-order valence-corrected chi connectivity index (χ3v) is 3.58. The van der Waals surface area contributed by atoms with Crippen molar-refractivity contribution in [3.63, 3.8) is 0 Å². The minimum absolute atomic E-state index is 0.0857. The van der Waals surface area contributed by atoms with Gasteiger partial charge in [-0.3, -0.25) is 0 Å². The Bertz CT molecular complexity index is 844. The Balaban J connectivity index is 2.05. The Labute approximate surface area is 149 Å². The summed E-state index contributed by atoms with van der Waals surface area (Å²) in [5, 5.41) is 2.90. The highest BCUT2D eigenvalue weighted by Gasteiger charge is 2.20. The summed E-state index contributed by atoms with van der Waals surface area (Å²) < 4.78 is 22.2. The van der Waals surface area contributed by atoms with Crippen LogP contribution < -0.4 is 14.8 Å². The van der Waals surface area contributed by atoms with Crippen molar-refractivity contribution in [3.8, 4) is 17.2 Å². The van der Waals surface area contributed by atoms with E-state index in [0.717, 1.165) is 6.08 Å². The molecule has 0 atom stereocenters. The first kappa shape index (κ1) is 17.3. The normalized spacial score (nSPS) is 13.1. The molecular formula is C17H17N3O6. The maximum Gasteiger partial charge on any atom is 0.354 e. The third kappa shape index (κ3) is 3.61. The summed E-state index contributed by atoms with van der Waals surface area (Å²) in [6.07, 6.45) is 5.96. The fraction of sp³-hybridized carbons (Fsp3) is 0.235. The number of ether oxygens (including phenoxy) is 4. The van der Waals surface area contributed by atoms with Crippen LogP contribution in [0.15, 0.2) is 42.6 Å². The van der Waals surface area contributed by atoms with Crippen LogP contribution in [0, 0.1) is 0 Å². The van der Waals surface area contributed by atoms with E-state index in [1.54, 1.807) is 35.4 Å². The van der Waals surface area contributed by atoms with Crippen molar-refractivity contribution >= 4 is 17.6 Å². The molecule has 0 spiro atoms. The first-order valence-corrected chi connectivity index (χ1v) is 7.69. The number of aromatic nitrogens is 2. The van der Waals surface area contributed by atoms with Crippen LogP contribution in [-0.4, -0.2) is 48.9 Å². The van der Waals surface area contributed by atoms with Crippen LogP contribution in [0.3, 0.4) is 0 Å². The Kier molecular flexibility index (Phi) is 5.07. The number of anilines is 1. The molecule has 9 heteroatoms. The van der Waals surface area contributed by atoms with E-state index in [1.807, 2.05) is 0 Å². The average Bonchev–Trinajstić information content (AvgIpc) is 3.20. The number of hydrogen-bond donors (Lipinski definition) is 1.